The van der Waals surface area contributed by atoms with Crippen molar-refractivity contribution in [2.24, 2.45) is 17.8 Å². The molecular formula is C27H31ClN8. The van der Waals surface area contributed by atoms with Crippen LogP contribution < -0.4 is 11.1 Å². The minimum atomic E-state index is 0.247. The number of benzene rings is 1. The van der Waals surface area contributed by atoms with Gasteiger partial charge in [-0.3, -0.25) is 14.8 Å². The summed E-state index contributed by atoms with van der Waals surface area (Å²) in [5.74, 6) is 1.24. The lowest BCUT2D eigenvalue weighted by Crippen LogP contribution is -2.34. The number of fused-ring (bicyclic) bond motifs is 2. The molecule has 8 nitrogen and oxygen atoms in total. The van der Waals surface area contributed by atoms with Crippen LogP contribution in [0.15, 0.2) is 46.7 Å². The molecule has 0 unspecified atom stereocenters. The van der Waals surface area contributed by atoms with Gasteiger partial charge in [0.05, 0.1) is 29.0 Å². The van der Waals surface area contributed by atoms with Crippen LogP contribution in [0, 0.1) is 6.92 Å². The Balaban J connectivity index is 1.47. The molecule has 9 heteroatoms. The maximum Gasteiger partial charge on any atom is 0.122 e. The molecule has 0 bridgehead atoms. The molecule has 4 N–H and O–H groups in total. The topological polar surface area (TPSA) is 110 Å². The number of H-pyrrole nitrogens is 1. The number of rotatable bonds is 5. The van der Waals surface area contributed by atoms with Crippen LogP contribution in [0.25, 0.3) is 22.6 Å². The Kier molecular flexibility index (Phi) is 5.63. The number of piperidine rings is 1. The molecule has 6 rings (SSSR count). The Morgan fingerprint density at radius 1 is 1.22 bits per heavy atom. The summed E-state index contributed by atoms with van der Waals surface area (Å²) in [4.78, 5) is 7.62. The van der Waals surface area contributed by atoms with Crippen LogP contribution in [0.5, 0.6) is 0 Å². The highest BCUT2D eigenvalue weighted by Crippen LogP contribution is 2.38. The van der Waals surface area contributed by atoms with Crippen molar-refractivity contribution in [2.45, 2.75) is 45.6 Å². The van der Waals surface area contributed by atoms with E-state index in [1.807, 2.05) is 37.1 Å². The Hall–Kier alpha value is -3.52. The van der Waals surface area contributed by atoms with E-state index in [1.54, 1.807) is 0 Å². The average Bonchev–Trinajstić information content (AvgIpc) is 3.52. The van der Waals surface area contributed by atoms with Gasteiger partial charge in [0.1, 0.15) is 5.82 Å². The van der Waals surface area contributed by atoms with Crippen LogP contribution in [-0.2, 0) is 13.5 Å². The van der Waals surface area contributed by atoms with Crippen molar-refractivity contribution >= 4 is 39.9 Å². The number of aliphatic imine (C=N–C) groups is 1. The van der Waals surface area contributed by atoms with Crippen molar-refractivity contribution < 1.29 is 0 Å². The molecule has 1 aliphatic carbocycles. The third kappa shape index (κ3) is 3.99. The van der Waals surface area contributed by atoms with Crippen LogP contribution >= 0.6 is 11.6 Å². The van der Waals surface area contributed by atoms with Crippen molar-refractivity contribution in [1.29, 1.82) is 0 Å². The maximum atomic E-state index is 7.03. The SMILES string of the molecule is CC(=NC1CCN(C2=CN2)CC1)/C(=C(\N)C1=Cc2cnn(C)c2CC1)c1c(Cl)c(C)cc2[nH]ncc12. The van der Waals surface area contributed by atoms with Gasteiger partial charge in [0, 0.05) is 65.5 Å². The second-order valence-corrected chi connectivity index (χ2v) is 10.3. The lowest BCUT2D eigenvalue weighted by molar-refractivity contribution is 0.270. The summed E-state index contributed by atoms with van der Waals surface area (Å²) in [7, 11) is 1.99. The van der Waals surface area contributed by atoms with E-state index in [9.17, 15) is 0 Å². The fourth-order valence-corrected chi connectivity index (χ4v) is 5.79. The Bertz CT molecular complexity index is 1480. The predicted molar refractivity (Wildman–Crippen MR) is 145 cm³/mol. The molecule has 186 valence electrons. The first-order valence-electron chi connectivity index (χ1n) is 12.5. The summed E-state index contributed by atoms with van der Waals surface area (Å²) in [5.41, 5.74) is 15.9. The van der Waals surface area contributed by atoms with Gasteiger partial charge >= 0.3 is 0 Å². The van der Waals surface area contributed by atoms with E-state index >= 15 is 0 Å². The van der Waals surface area contributed by atoms with E-state index in [0.29, 0.717) is 5.02 Å². The molecule has 3 aliphatic rings. The largest absolute Gasteiger partial charge is 0.398 e. The summed E-state index contributed by atoms with van der Waals surface area (Å²) in [6.07, 6.45) is 11.7. The number of aromatic amines is 1. The summed E-state index contributed by atoms with van der Waals surface area (Å²) < 4.78 is 1.95. The highest BCUT2D eigenvalue weighted by atomic mass is 35.5. The average molecular weight is 503 g/mol. The number of allylic oxidation sites excluding steroid dienone is 2. The number of aromatic nitrogens is 4. The molecule has 0 radical (unpaired) electrons. The number of likely N-dealkylation sites (tertiary alicyclic amines) is 1. The second-order valence-electron chi connectivity index (χ2n) is 9.95. The van der Waals surface area contributed by atoms with Crippen LogP contribution in [-0.4, -0.2) is 49.7 Å². The molecule has 4 heterocycles. The van der Waals surface area contributed by atoms with Gasteiger partial charge < -0.3 is 16.0 Å². The zero-order valence-corrected chi connectivity index (χ0v) is 21.7. The molecule has 0 amide bonds. The number of hydrogen-bond donors (Lipinski definition) is 3. The first-order valence-corrected chi connectivity index (χ1v) is 12.9. The number of nitrogens with one attached hydrogen (secondary N) is 2. The molecule has 1 aromatic carbocycles. The molecule has 0 spiro atoms. The molecule has 1 fully saturated rings. The van der Waals surface area contributed by atoms with Crippen LogP contribution in [0.1, 0.15) is 48.6 Å². The Labute approximate surface area is 215 Å². The monoisotopic (exact) mass is 502 g/mol. The van der Waals surface area contributed by atoms with Crippen molar-refractivity contribution in [2.75, 3.05) is 13.1 Å². The van der Waals surface area contributed by atoms with Gasteiger partial charge in [0.2, 0.25) is 0 Å². The molecule has 1 saturated heterocycles. The molecule has 2 aliphatic heterocycles. The summed E-state index contributed by atoms with van der Waals surface area (Å²) in [6.45, 7) is 6.09. The first-order chi connectivity index (χ1) is 17.4. The fourth-order valence-electron chi connectivity index (χ4n) is 5.54. The molecule has 36 heavy (non-hydrogen) atoms. The lowest BCUT2D eigenvalue weighted by atomic mass is 9.88. The predicted octanol–water partition coefficient (Wildman–Crippen LogP) is 4.29. The summed E-state index contributed by atoms with van der Waals surface area (Å²) in [6, 6.07) is 2.28. The third-order valence-electron chi connectivity index (χ3n) is 7.60. The number of nitrogens with zero attached hydrogens (tertiary/aromatic N) is 5. The van der Waals surface area contributed by atoms with Gasteiger partial charge in [0.25, 0.3) is 0 Å². The maximum absolute atomic E-state index is 7.03. The Morgan fingerprint density at radius 2 is 2.00 bits per heavy atom. The van der Waals surface area contributed by atoms with Gasteiger partial charge in [-0.2, -0.15) is 10.2 Å². The van der Waals surface area contributed by atoms with Gasteiger partial charge in [-0.25, -0.2) is 0 Å². The molecule has 0 saturated carbocycles. The van der Waals surface area contributed by atoms with E-state index < -0.39 is 0 Å². The number of hydrogen-bond acceptors (Lipinski definition) is 6. The molecular weight excluding hydrogens is 472 g/mol. The molecule has 2 aromatic heterocycles. The lowest BCUT2D eigenvalue weighted by Gasteiger charge is -2.30. The van der Waals surface area contributed by atoms with Crippen molar-refractivity contribution in [3.8, 4) is 0 Å². The molecule has 0 atom stereocenters. The van der Waals surface area contributed by atoms with E-state index in [4.69, 9.17) is 22.3 Å². The first kappa shape index (κ1) is 22.9. The van der Waals surface area contributed by atoms with E-state index in [2.05, 4.69) is 44.7 Å². The van der Waals surface area contributed by atoms with Gasteiger partial charge in [-0.05, 0) is 62.8 Å². The van der Waals surface area contributed by atoms with Crippen LogP contribution in [0.2, 0.25) is 5.02 Å². The van der Waals surface area contributed by atoms with Crippen molar-refractivity contribution in [1.82, 2.24) is 30.2 Å². The Morgan fingerprint density at radius 3 is 2.75 bits per heavy atom. The van der Waals surface area contributed by atoms with E-state index in [-0.39, 0.29) is 6.04 Å². The standard InChI is InChI=1S/C27H31ClN8/c1-15-10-21-20(13-31-34-21)25(26(15)28)24(16(2)33-19-6-8-36(9-7-19)23-14-30-23)27(29)17-4-5-22-18(11-17)12-32-35(22)3/h10-14,19,30H,4-9,29H2,1-3H3,(H,31,34)/b27-24+,33-16?. The third-order valence-corrected chi connectivity index (χ3v) is 8.09. The normalized spacial score (nSPS) is 19.0. The van der Waals surface area contributed by atoms with Gasteiger partial charge in [-0.1, -0.05) is 11.6 Å². The minimum absolute atomic E-state index is 0.247. The quantitative estimate of drug-likeness (QED) is 0.451. The van der Waals surface area contributed by atoms with Crippen molar-refractivity contribution in [3.63, 3.8) is 0 Å². The van der Waals surface area contributed by atoms with Crippen molar-refractivity contribution in [3.05, 3.63) is 69.2 Å². The fraction of sp³-hybridized carbons (Fsp3) is 0.370. The highest BCUT2D eigenvalue weighted by molar-refractivity contribution is 6.38. The number of aryl methyl sites for hydroxylation is 2. The van der Waals surface area contributed by atoms with Gasteiger partial charge in [0.15, 0.2) is 0 Å². The smallest absolute Gasteiger partial charge is 0.122 e. The number of nitrogens with two attached hydrogens (primary N) is 1. The zero-order valence-electron chi connectivity index (χ0n) is 20.9. The second kappa shape index (κ2) is 8.85. The minimum Gasteiger partial charge on any atom is -0.398 e. The van der Waals surface area contributed by atoms with Crippen LogP contribution in [0.4, 0.5) is 0 Å². The van der Waals surface area contributed by atoms with E-state index in [1.165, 1.54) is 11.5 Å². The molecule has 3 aromatic rings. The van der Waals surface area contributed by atoms with Crippen LogP contribution in [0.3, 0.4) is 0 Å². The van der Waals surface area contributed by atoms with E-state index in [0.717, 1.165) is 88.9 Å². The summed E-state index contributed by atoms with van der Waals surface area (Å²) in [5, 5.41) is 16.7. The summed E-state index contributed by atoms with van der Waals surface area (Å²) >= 11 is 7.00. The zero-order chi connectivity index (χ0) is 25.0. The van der Waals surface area contributed by atoms with Gasteiger partial charge in [-0.15, -0.1) is 0 Å². The number of halogens is 1. The highest BCUT2D eigenvalue weighted by Gasteiger charge is 2.27.